The quantitative estimate of drug-likeness (QED) is 0.276. The van der Waals surface area contributed by atoms with E-state index in [0.717, 1.165) is 22.5 Å². The molecule has 1 fully saturated rings. The number of aromatic amines is 1. The summed E-state index contributed by atoms with van der Waals surface area (Å²) in [6, 6.07) is 15.3. The van der Waals surface area contributed by atoms with Crippen LogP contribution >= 0.6 is 0 Å². The molecule has 6 unspecified atom stereocenters. The van der Waals surface area contributed by atoms with Crippen LogP contribution < -0.4 is 0 Å². The van der Waals surface area contributed by atoms with Crippen LogP contribution in [-0.2, 0) is 20.8 Å². The van der Waals surface area contributed by atoms with E-state index in [9.17, 15) is 34.5 Å². The molecule has 8 nitrogen and oxygen atoms in total. The average Bonchev–Trinajstić information content (AvgIpc) is 3.32. The van der Waals surface area contributed by atoms with Crippen molar-refractivity contribution in [3.8, 4) is 17.0 Å². The maximum atomic E-state index is 14.0. The summed E-state index contributed by atoms with van der Waals surface area (Å²) in [5.74, 6) is -7.81. The molecule has 0 bridgehead atoms. The van der Waals surface area contributed by atoms with Gasteiger partial charge < -0.3 is 20.3 Å². The summed E-state index contributed by atoms with van der Waals surface area (Å²) in [6.45, 7) is 6.53. The normalized spacial score (nSPS) is 28.8. The number of hydrogen-bond acceptors (Lipinski definition) is 7. The van der Waals surface area contributed by atoms with Gasteiger partial charge in [-0.1, -0.05) is 55.0 Å². The Bertz CT molecular complexity index is 1710. The SMILES string of the molecule is CC(=O)C1=C(C)CC2C(O)C3C(C(=O)c4c(ccc(Cc5cc(C)c(-c6ccccc6)[nH]5)c4O)C3C)C(=O)C2(O)C1=O. The number of aliphatic hydroxyl groups excluding tert-OH is 1. The van der Waals surface area contributed by atoms with E-state index in [1.807, 2.05) is 43.3 Å². The first kappa shape index (κ1) is 28.0. The number of fused-ring (bicyclic) bond motifs is 3. The number of Topliss-reactive ketones (excluding diaryl/α,β-unsaturated/α-hetero) is 4. The fourth-order valence-corrected chi connectivity index (χ4v) is 7.64. The molecule has 4 N–H and O–H groups in total. The predicted octanol–water partition coefficient (Wildman–Crippen LogP) is 3.99. The number of phenolic OH excluding ortho intramolecular Hbond substituents is 1. The minimum Gasteiger partial charge on any atom is -0.507 e. The monoisotopic (exact) mass is 567 g/mol. The molecule has 1 heterocycles. The van der Waals surface area contributed by atoms with Crippen LogP contribution in [0, 0.1) is 24.7 Å². The Kier molecular flexibility index (Phi) is 6.48. The molecule has 8 heteroatoms. The highest BCUT2D eigenvalue weighted by molar-refractivity contribution is 6.32. The molecule has 1 aromatic heterocycles. The highest BCUT2D eigenvalue weighted by Crippen LogP contribution is 2.54. The lowest BCUT2D eigenvalue weighted by molar-refractivity contribution is -0.179. The van der Waals surface area contributed by atoms with Crippen molar-refractivity contribution in [3.63, 3.8) is 0 Å². The first-order chi connectivity index (χ1) is 19.9. The Morgan fingerprint density at radius 2 is 1.76 bits per heavy atom. The van der Waals surface area contributed by atoms with Crippen molar-refractivity contribution < 1.29 is 34.5 Å². The van der Waals surface area contributed by atoms with Gasteiger partial charge in [0.05, 0.1) is 23.2 Å². The van der Waals surface area contributed by atoms with Crippen molar-refractivity contribution in [2.24, 2.45) is 17.8 Å². The summed E-state index contributed by atoms with van der Waals surface area (Å²) in [7, 11) is 0. The number of rotatable bonds is 4. The molecule has 0 spiro atoms. The van der Waals surface area contributed by atoms with Gasteiger partial charge in [-0.15, -0.1) is 0 Å². The Balaban J connectivity index is 1.39. The highest BCUT2D eigenvalue weighted by atomic mass is 16.3. The third kappa shape index (κ3) is 3.82. The van der Waals surface area contributed by atoms with E-state index < -0.39 is 58.5 Å². The number of carbonyl (C=O) groups excluding carboxylic acids is 4. The number of allylic oxidation sites excluding steroid dienone is 1. The summed E-state index contributed by atoms with van der Waals surface area (Å²) in [6.07, 6.45) is -1.10. The van der Waals surface area contributed by atoms with Crippen molar-refractivity contribution in [2.75, 3.05) is 0 Å². The molecule has 3 aromatic rings. The lowest BCUT2D eigenvalue weighted by atomic mass is 9.51. The molecule has 2 aromatic carbocycles. The van der Waals surface area contributed by atoms with Gasteiger partial charge in [-0.3, -0.25) is 19.2 Å². The van der Waals surface area contributed by atoms with E-state index in [1.54, 1.807) is 26.0 Å². The zero-order valence-electron chi connectivity index (χ0n) is 23.9. The molecule has 1 saturated carbocycles. The number of aryl methyl sites for hydroxylation is 1. The number of carbonyl (C=O) groups is 4. The number of aromatic hydroxyl groups is 1. The largest absolute Gasteiger partial charge is 0.507 e. The van der Waals surface area contributed by atoms with Crippen LogP contribution in [0.5, 0.6) is 5.75 Å². The Hall–Kier alpha value is -4.14. The van der Waals surface area contributed by atoms with Crippen molar-refractivity contribution in [1.29, 1.82) is 0 Å². The van der Waals surface area contributed by atoms with Crippen molar-refractivity contribution in [2.45, 2.75) is 58.2 Å². The third-order valence-corrected chi connectivity index (χ3v) is 9.67. The fraction of sp³-hybridized carbons (Fsp3) is 0.353. The maximum Gasteiger partial charge on any atom is 0.205 e. The van der Waals surface area contributed by atoms with Crippen LogP contribution in [0.25, 0.3) is 11.3 Å². The summed E-state index contributed by atoms with van der Waals surface area (Å²) in [4.78, 5) is 57.1. The molecule has 3 aliphatic carbocycles. The summed E-state index contributed by atoms with van der Waals surface area (Å²) >= 11 is 0. The predicted molar refractivity (Wildman–Crippen MR) is 154 cm³/mol. The molecule has 0 saturated heterocycles. The Morgan fingerprint density at radius 3 is 2.43 bits per heavy atom. The van der Waals surface area contributed by atoms with E-state index in [4.69, 9.17) is 0 Å². The lowest BCUT2D eigenvalue weighted by Crippen LogP contribution is -2.69. The Morgan fingerprint density at radius 1 is 1.07 bits per heavy atom. The van der Waals surface area contributed by atoms with Crippen LogP contribution in [0.2, 0.25) is 0 Å². The van der Waals surface area contributed by atoms with E-state index in [2.05, 4.69) is 4.98 Å². The minimum absolute atomic E-state index is 0.0221. The smallest absolute Gasteiger partial charge is 0.205 e. The van der Waals surface area contributed by atoms with E-state index in [1.165, 1.54) is 6.92 Å². The summed E-state index contributed by atoms with van der Waals surface area (Å²) in [5.41, 5.74) is 2.21. The third-order valence-electron chi connectivity index (χ3n) is 9.67. The van der Waals surface area contributed by atoms with Crippen LogP contribution in [0.1, 0.15) is 65.9 Å². The molecule has 0 aliphatic heterocycles. The fourth-order valence-electron chi connectivity index (χ4n) is 7.64. The van der Waals surface area contributed by atoms with Crippen LogP contribution in [0.3, 0.4) is 0 Å². The van der Waals surface area contributed by atoms with Gasteiger partial charge >= 0.3 is 0 Å². The van der Waals surface area contributed by atoms with E-state index in [0.29, 0.717) is 16.7 Å². The van der Waals surface area contributed by atoms with Crippen molar-refractivity contribution in [1.82, 2.24) is 4.98 Å². The molecule has 6 rings (SSSR count). The van der Waals surface area contributed by atoms with Gasteiger partial charge in [-0.25, -0.2) is 0 Å². The Labute approximate surface area is 243 Å². The van der Waals surface area contributed by atoms with Crippen LogP contribution in [-0.4, -0.2) is 55.1 Å². The highest BCUT2D eigenvalue weighted by Gasteiger charge is 2.67. The van der Waals surface area contributed by atoms with Crippen LogP contribution in [0.4, 0.5) is 0 Å². The topological polar surface area (TPSA) is 145 Å². The number of aromatic nitrogens is 1. The van der Waals surface area contributed by atoms with Crippen molar-refractivity contribution in [3.05, 3.63) is 87.6 Å². The first-order valence-electron chi connectivity index (χ1n) is 14.2. The summed E-state index contributed by atoms with van der Waals surface area (Å²) < 4.78 is 0. The molecule has 42 heavy (non-hydrogen) atoms. The number of benzene rings is 2. The second-order valence-electron chi connectivity index (χ2n) is 12.1. The molecule has 3 aliphatic rings. The van der Waals surface area contributed by atoms with Gasteiger partial charge in [-0.2, -0.15) is 0 Å². The number of nitrogens with one attached hydrogen (secondary N) is 1. The number of aliphatic hydroxyl groups is 2. The zero-order valence-corrected chi connectivity index (χ0v) is 23.9. The van der Waals surface area contributed by atoms with Crippen LogP contribution in [0.15, 0.2) is 59.7 Å². The molecule has 216 valence electrons. The number of H-pyrrole nitrogens is 1. The average molecular weight is 568 g/mol. The molecule has 0 amide bonds. The van der Waals surface area contributed by atoms with Gasteiger partial charge in [0.1, 0.15) is 5.75 Å². The van der Waals surface area contributed by atoms with Gasteiger partial charge in [0.2, 0.25) is 5.78 Å². The zero-order chi connectivity index (χ0) is 30.2. The lowest BCUT2D eigenvalue weighted by Gasteiger charge is -2.52. The maximum absolute atomic E-state index is 14.0. The standard InChI is InChI=1S/C34H33NO7/c1-15-13-23-30(38)25-17(3)22-11-10-20(14-21-12-16(2)28(35-21)19-8-6-5-7-9-19)29(37)26(22)31(39)27(25)33(41)34(23,42)32(40)24(15)18(4)36/h5-12,17,23,25,27,30,35,37-38,42H,13-14H2,1-4H3. The van der Waals surface area contributed by atoms with Gasteiger partial charge in [0.25, 0.3) is 0 Å². The molecule has 0 radical (unpaired) electrons. The van der Waals surface area contributed by atoms with Crippen molar-refractivity contribution >= 4 is 23.1 Å². The summed E-state index contributed by atoms with van der Waals surface area (Å²) in [5, 5.41) is 34.5. The second-order valence-corrected chi connectivity index (χ2v) is 12.1. The molecule has 6 atom stereocenters. The van der Waals surface area contributed by atoms with Gasteiger partial charge in [-0.05, 0) is 55.9 Å². The van der Waals surface area contributed by atoms with Gasteiger partial charge in [0, 0.05) is 35.2 Å². The molecular weight excluding hydrogens is 534 g/mol. The minimum atomic E-state index is -2.70. The first-order valence-corrected chi connectivity index (χ1v) is 14.2. The van der Waals surface area contributed by atoms with Gasteiger partial charge in [0.15, 0.2) is 23.0 Å². The number of phenols is 1. The van der Waals surface area contributed by atoms with E-state index in [-0.39, 0.29) is 29.7 Å². The second kappa shape index (κ2) is 9.71. The van der Waals surface area contributed by atoms with E-state index >= 15 is 0 Å². The number of hydrogen-bond donors (Lipinski definition) is 4. The number of ketones is 4. The molecular formula is C34H33NO7.